The van der Waals surface area contributed by atoms with Crippen LogP contribution in [0.3, 0.4) is 0 Å². The van der Waals surface area contributed by atoms with Crippen LogP contribution >= 0.6 is 0 Å². The van der Waals surface area contributed by atoms with Gasteiger partial charge in [-0.15, -0.1) is 0 Å². The third kappa shape index (κ3) is 7.11. The number of piperidine rings is 1. The van der Waals surface area contributed by atoms with Crippen LogP contribution in [0.1, 0.15) is 68.0 Å². The highest BCUT2D eigenvalue weighted by Gasteiger charge is 2.41. The summed E-state index contributed by atoms with van der Waals surface area (Å²) in [4.78, 5) is 32.6. The van der Waals surface area contributed by atoms with E-state index < -0.39 is 30.5 Å². The number of halogens is 4. The molecule has 248 valence electrons. The maximum atomic E-state index is 13.8. The van der Waals surface area contributed by atoms with Gasteiger partial charge in [0.2, 0.25) is 11.8 Å². The quantitative estimate of drug-likeness (QED) is 0.271. The molecule has 0 saturated carbocycles. The molecule has 0 aliphatic carbocycles. The van der Waals surface area contributed by atoms with Gasteiger partial charge in [-0.05, 0) is 61.9 Å². The van der Waals surface area contributed by atoms with E-state index in [-0.39, 0.29) is 48.3 Å². The number of benzene rings is 1. The molecule has 14 heteroatoms. The summed E-state index contributed by atoms with van der Waals surface area (Å²) in [5, 5.41) is 9.92. The van der Waals surface area contributed by atoms with Gasteiger partial charge >= 0.3 is 12.3 Å². The highest BCUT2D eigenvalue weighted by molar-refractivity contribution is 5.90. The number of rotatable bonds is 9. The number of carbonyl (C=O) groups is 1. The number of alkyl halides is 4. The molecular weight excluding hydrogens is 608 g/mol. The highest BCUT2D eigenvalue weighted by atomic mass is 19.4. The third-order valence-electron chi connectivity index (χ3n) is 8.43. The van der Waals surface area contributed by atoms with Crippen molar-refractivity contribution in [1.82, 2.24) is 15.0 Å². The van der Waals surface area contributed by atoms with Crippen molar-refractivity contribution in [3.8, 4) is 5.88 Å². The first-order chi connectivity index (χ1) is 22.1. The first-order valence-corrected chi connectivity index (χ1v) is 15.3. The normalized spacial score (nSPS) is 18.7. The maximum Gasteiger partial charge on any atom is 0.416 e. The fourth-order valence-corrected chi connectivity index (χ4v) is 6.11. The molecular formula is C32H38F4N6O4. The van der Waals surface area contributed by atoms with Crippen molar-refractivity contribution in [3.05, 3.63) is 65.1 Å². The third-order valence-corrected chi connectivity index (χ3v) is 8.43. The Hall–Kier alpha value is -4.20. The SMILES string of the molecule is CCOC(=O)N1c2ccc(OC)nc2[C@@H](N(Cc2cc(CF)cc(C(F)(F)F)c2)c2ncc(N3CCC(O)CC3)cn2)C[C@H]1CC. The fourth-order valence-electron chi connectivity index (χ4n) is 6.11. The summed E-state index contributed by atoms with van der Waals surface area (Å²) in [7, 11) is 1.46. The zero-order valence-corrected chi connectivity index (χ0v) is 26.0. The van der Waals surface area contributed by atoms with E-state index in [1.165, 1.54) is 13.2 Å². The molecule has 0 unspecified atom stereocenters. The molecule has 1 N–H and O–H groups in total. The van der Waals surface area contributed by atoms with Gasteiger partial charge in [-0.3, -0.25) is 4.90 Å². The van der Waals surface area contributed by atoms with Crippen molar-refractivity contribution < 1.29 is 36.9 Å². The first-order valence-electron chi connectivity index (χ1n) is 15.3. The van der Waals surface area contributed by atoms with E-state index in [2.05, 4.69) is 14.9 Å². The minimum atomic E-state index is -4.68. The number of aliphatic hydroxyl groups is 1. The Kier molecular flexibility index (Phi) is 10.1. The van der Waals surface area contributed by atoms with E-state index >= 15 is 0 Å². The Bertz CT molecular complexity index is 1500. The van der Waals surface area contributed by atoms with Crippen molar-refractivity contribution >= 4 is 23.4 Å². The van der Waals surface area contributed by atoms with E-state index in [1.54, 1.807) is 41.2 Å². The Balaban J connectivity index is 1.62. The Morgan fingerprint density at radius 3 is 2.39 bits per heavy atom. The van der Waals surface area contributed by atoms with E-state index in [1.807, 2.05) is 6.92 Å². The van der Waals surface area contributed by atoms with E-state index in [9.17, 15) is 27.5 Å². The number of nitrogens with zero attached hydrogens (tertiary/aromatic N) is 6. The monoisotopic (exact) mass is 646 g/mol. The molecule has 2 atom stereocenters. The lowest BCUT2D eigenvalue weighted by atomic mass is 9.92. The minimum Gasteiger partial charge on any atom is -0.481 e. The van der Waals surface area contributed by atoms with Crippen LogP contribution in [0.25, 0.3) is 0 Å². The lowest BCUT2D eigenvalue weighted by molar-refractivity contribution is -0.137. The highest BCUT2D eigenvalue weighted by Crippen LogP contribution is 2.43. The summed E-state index contributed by atoms with van der Waals surface area (Å²) in [6.07, 6.45) is -0.170. The number of anilines is 3. The number of hydrogen-bond donors (Lipinski definition) is 1. The summed E-state index contributed by atoms with van der Waals surface area (Å²) in [6, 6.07) is 5.60. The van der Waals surface area contributed by atoms with Gasteiger partial charge in [0.15, 0.2) is 0 Å². The second kappa shape index (κ2) is 14.1. The van der Waals surface area contributed by atoms with Crippen LogP contribution < -0.4 is 19.4 Å². The summed E-state index contributed by atoms with van der Waals surface area (Å²) in [6.45, 7) is 3.91. The molecule has 3 aromatic rings. The molecule has 4 heterocycles. The fraction of sp³-hybridized carbons (Fsp3) is 0.500. The van der Waals surface area contributed by atoms with Crippen molar-refractivity contribution in [2.45, 2.75) is 77.1 Å². The van der Waals surface area contributed by atoms with Gasteiger partial charge in [-0.2, -0.15) is 13.2 Å². The lowest BCUT2D eigenvalue weighted by Crippen LogP contribution is -2.48. The molecule has 0 bridgehead atoms. The second-order valence-corrected chi connectivity index (χ2v) is 11.4. The average Bonchev–Trinajstić information content (AvgIpc) is 3.06. The number of methoxy groups -OCH3 is 1. The van der Waals surface area contributed by atoms with Gasteiger partial charge in [0.25, 0.3) is 0 Å². The van der Waals surface area contributed by atoms with Gasteiger partial charge in [0.05, 0.1) is 60.9 Å². The number of pyridine rings is 1. The second-order valence-electron chi connectivity index (χ2n) is 11.4. The smallest absolute Gasteiger partial charge is 0.416 e. The Morgan fingerprint density at radius 2 is 1.78 bits per heavy atom. The van der Waals surface area contributed by atoms with Crippen molar-refractivity contribution in [1.29, 1.82) is 0 Å². The van der Waals surface area contributed by atoms with Crippen LogP contribution in [-0.2, 0) is 24.1 Å². The molecule has 2 aromatic heterocycles. The van der Waals surface area contributed by atoms with Crippen LogP contribution in [0, 0.1) is 0 Å². The predicted octanol–water partition coefficient (Wildman–Crippen LogP) is 6.22. The molecule has 1 aromatic carbocycles. The molecule has 1 amide bonds. The zero-order chi connectivity index (χ0) is 33.0. The standard InChI is InChI=1S/C32H38F4N6O4/c1-4-23-15-27(29-26(6-7-28(39-29)45-3)42(23)31(44)46-5-2)41(19-21-12-20(16-33)13-22(14-21)32(34,35)36)30-37-17-24(18-38-30)40-10-8-25(43)9-11-40/h6-7,12-14,17-18,23,25,27,43H,4-5,8-11,15-16,19H2,1-3H3/t23-,27+/m1/s1. The molecule has 10 nitrogen and oxygen atoms in total. The number of carbonyl (C=O) groups excluding carboxylic acids is 1. The molecule has 5 rings (SSSR count). The summed E-state index contributed by atoms with van der Waals surface area (Å²) in [5.74, 6) is 0.504. The molecule has 46 heavy (non-hydrogen) atoms. The Labute approximate surface area is 265 Å². The van der Waals surface area contributed by atoms with Crippen LogP contribution in [0.2, 0.25) is 0 Å². The molecule has 2 aliphatic heterocycles. The van der Waals surface area contributed by atoms with Gasteiger partial charge in [-0.1, -0.05) is 13.0 Å². The van der Waals surface area contributed by atoms with Crippen molar-refractivity contribution in [2.75, 3.05) is 41.5 Å². The van der Waals surface area contributed by atoms with Gasteiger partial charge in [0.1, 0.15) is 6.67 Å². The number of aliphatic hydroxyl groups excluding tert-OH is 1. The average molecular weight is 647 g/mol. The lowest BCUT2D eigenvalue weighted by Gasteiger charge is -2.43. The summed E-state index contributed by atoms with van der Waals surface area (Å²) >= 11 is 0. The van der Waals surface area contributed by atoms with Gasteiger partial charge in [0, 0.05) is 31.7 Å². The molecule has 2 aliphatic rings. The zero-order valence-electron chi connectivity index (χ0n) is 26.0. The number of hydrogen-bond acceptors (Lipinski definition) is 9. The number of aromatic nitrogens is 3. The Morgan fingerprint density at radius 1 is 1.09 bits per heavy atom. The summed E-state index contributed by atoms with van der Waals surface area (Å²) < 4.78 is 66.1. The summed E-state index contributed by atoms with van der Waals surface area (Å²) in [5.41, 5.74) is 0.822. The van der Waals surface area contributed by atoms with Crippen LogP contribution in [0.4, 0.5) is 39.7 Å². The minimum absolute atomic E-state index is 0.0999. The molecule has 1 fully saturated rings. The van der Waals surface area contributed by atoms with Crippen molar-refractivity contribution in [3.63, 3.8) is 0 Å². The van der Waals surface area contributed by atoms with Crippen molar-refractivity contribution in [2.24, 2.45) is 0 Å². The largest absolute Gasteiger partial charge is 0.481 e. The maximum absolute atomic E-state index is 13.8. The number of amides is 1. The van der Waals surface area contributed by atoms with Crippen LogP contribution in [-0.4, -0.2) is 65.1 Å². The topological polar surface area (TPSA) is 104 Å². The molecule has 1 saturated heterocycles. The number of ether oxygens (including phenoxy) is 2. The molecule has 0 spiro atoms. The first kappa shape index (κ1) is 33.2. The van der Waals surface area contributed by atoms with Crippen LogP contribution in [0.5, 0.6) is 5.88 Å². The van der Waals surface area contributed by atoms with Gasteiger partial charge in [-0.25, -0.2) is 24.1 Å². The van der Waals surface area contributed by atoms with E-state index in [0.29, 0.717) is 50.2 Å². The van der Waals surface area contributed by atoms with Gasteiger partial charge < -0.3 is 24.4 Å². The molecule has 0 radical (unpaired) electrons. The van der Waals surface area contributed by atoms with E-state index in [4.69, 9.17) is 14.5 Å². The van der Waals surface area contributed by atoms with E-state index in [0.717, 1.165) is 17.8 Å². The predicted molar refractivity (Wildman–Crippen MR) is 164 cm³/mol. The van der Waals surface area contributed by atoms with Crippen LogP contribution in [0.15, 0.2) is 42.7 Å². The number of fused-ring (bicyclic) bond motifs is 1.